The van der Waals surface area contributed by atoms with Crippen LogP contribution < -0.4 is 5.32 Å². The molecule has 1 fully saturated rings. The third kappa shape index (κ3) is 3.00. The van der Waals surface area contributed by atoms with Gasteiger partial charge in [-0.1, -0.05) is 43.7 Å². The molecule has 1 aromatic rings. The SMILES string of the molecule is CCC[C@](C)(NC(=O)[C@@H]1C[C@@H]1c1ccccc1)C(=O)O. The van der Waals surface area contributed by atoms with Crippen LogP contribution in [0.2, 0.25) is 0 Å². The average molecular weight is 275 g/mol. The van der Waals surface area contributed by atoms with E-state index in [2.05, 4.69) is 5.32 Å². The molecule has 0 radical (unpaired) electrons. The summed E-state index contributed by atoms with van der Waals surface area (Å²) in [4.78, 5) is 23.5. The van der Waals surface area contributed by atoms with Crippen LogP contribution in [-0.2, 0) is 9.59 Å². The number of carbonyl (C=O) groups excluding carboxylic acids is 1. The molecule has 0 spiro atoms. The number of hydrogen-bond donors (Lipinski definition) is 2. The van der Waals surface area contributed by atoms with Crippen molar-refractivity contribution >= 4 is 11.9 Å². The lowest BCUT2D eigenvalue weighted by Crippen LogP contribution is -2.52. The molecule has 1 amide bonds. The van der Waals surface area contributed by atoms with Crippen LogP contribution in [-0.4, -0.2) is 22.5 Å². The van der Waals surface area contributed by atoms with Gasteiger partial charge in [0.25, 0.3) is 0 Å². The lowest BCUT2D eigenvalue weighted by Gasteiger charge is -2.25. The first-order chi connectivity index (χ1) is 9.48. The van der Waals surface area contributed by atoms with Gasteiger partial charge in [0.15, 0.2) is 0 Å². The topological polar surface area (TPSA) is 66.4 Å². The molecule has 20 heavy (non-hydrogen) atoms. The predicted molar refractivity (Wildman–Crippen MR) is 76.4 cm³/mol. The van der Waals surface area contributed by atoms with Crippen LogP contribution in [0.3, 0.4) is 0 Å². The second kappa shape index (κ2) is 5.65. The fraction of sp³-hybridized carbons (Fsp3) is 0.500. The van der Waals surface area contributed by atoms with Gasteiger partial charge < -0.3 is 10.4 Å². The summed E-state index contributed by atoms with van der Waals surface area (Å²) in [7, 11) is 0. The standard InChI is InChI=1S/C16H21NO3/c1-3-9-16(2,15(19)20)17-14(18)13-10-12(13)11-7-5-4-6-8-11/h4-8,12-13H,3,9-10H2,1-2H3,(H,17,18)(H,19,20)/t12-,13-,16+/m1/s1. The normalized spacial score (nSPS) is 23.7. The van der Waals surface area contributed by atoms with E-state index in [0.29, 0.717) is 6.42 Å². The van der Waals surface area contributed by atoms with Crippen LogP contribution >= 0.6 is 0 Å². The molecule has 0 bridgehead atoms. The summed E-state index contributed by atoms with van der Waals surface area (Å²) < 4.78 is 0. The second-order valence-corrected chi connectivity index (χ2v) is 5.74. The van der Waals surface area contributed by atoms with Crippen molar-refractivity contribution in [2.24, 2.45) is 5.92 Å². The zero-order chi connectivity index (χ0) is 14.8. The van der Waals surface area contributed by atoms with Gasteiger partial charge in [0.1, 0.15) is 5.54 Å². The Morgan fingerprint density at radius 1 is 1.35 bits per heavy atom. The van der Waals surface area contributed by atoms with E-state index >= 15 is 0 Å². The molecule has 0 aliphatic heterocycles. The van der Waals surface area contributed by atoms with Gasteiger partial charge in [-0.2, -0.15) is 0 Å². The molecule has 2 rings (SSSR count). The minimum absolute atomic E-state index is 0.0899. The van der Waals surface area contributed by atoms with Crippen molar-refractivity contribution in [3.05, 3.63) is 35.9 Å². The van der Waals surface area contributed by atoms with E-state index in [1.165, 1.54) is 0 Å². The van der Waals surface area contributed by atoms with Crippen LogP contribution in [0.5, 0.6) is 0 Å². The molecule has 0 saturated heterocycles. The fourth-order valence-corrected chi connectivity index (χ4v) is 2.64. The first-order valence-electron chi connectivity index (χ1n) is 7.08. The van der Waals surface area contributed by atoms with Crippen LogP contribution in [0.15, 0.2) is 30.3 Å². The van der Waals surface area contributed by atoms with E-state index in [9.17, 15) is 14.7 Å². The number of aliphatic carboxylic acids is 1. The summed E-state index contributed by atoms with van der Waals surface area (Å²) in [6.45, 7) is 3.49. The Morgan fingerprint density at radius 3 is 2.55 bits per heavy atom. The maximum Gasteiger partial charge on any atom is 0.329 e. The van der Waals surface area contributed by atoms with Gasteiger partial charge in [-0.15, -0.1) is 0 Å². The van der Waals surface area contributed by atoms with E-state index in [-0.39, 0.29) is 17.7 Å². The minimum atomic E-state index is -1.16. The predicted octanol–water partition coefficient (Wildman–Crippen LogP) is 2.55. The Kier molecular flexibility index (Phi) is 4.12. The molecule has 3 atom stereocenters. The van der Waals surface area contributed by atoms with Gasteiger partial charge >= 0.3 is 5.97 Å². The van der Waals surface area contributed by atoms with E-state index in [1.54, 1.807) is 6.92 Å². The molecule has 1 aliphatic rings. The molecule has 0 unspecified atom stereocenters. The van der Waals surface area contributed by atoms with Gasteiger partial charge in [0.05, 0.1) is 0 Å². The van der Waals surface area contributed by atoms with Crippen molar-refractivity contribution in [3.63, 3.8) is 0 Å². The maximum absolute atomic E-state index is 12.2. The number of nitrogens with one attached hydrogen (secondary N) is 1. The van der Waals surface area contributed by atoms with Gasteiger partial charge in [-0.25, -0.2) is 4.79 Å². The highest BCUT2D eigenvalue weighted by Gasteiger charge is 2.46. The monoisotopic (exact) mass is 275 g/mol. The lowest BCUT2D eigenvalue weighted by molar-refractivity contribution is -0.147. The fourth-order valence-electron chi connectivity index (χ4n) is 2.64. The summed E-state index contributed by atoms with van der Waals surface area (Å²) in [6.07, 6.45) is 1.96. The highest BCUT2D eigenvalue weighted by atomic mass is 16.4. The molecule has 1 saturated carbocycles. The molecule has 4 heteroatoms. The minimum Gasteiger partial charge on any atom is -0.480 e. The molecule has 1 aliphatic carbocycles. The molecule has 2 N–H and O–H groups in total. The largest absolute Gasteiger partial charge is 0.480 e. The van der Waals surface area contributed by atoms with Crippen molar-refractivity contribution in [1.29, 1.82) is 0 Å². The summed E-state index contributed by atoms with van der Waals surface area (Å²) >= 11 is 0. The Balaban J connectivity index is 1.98. The smallest absolute Gasteiger partial charge is 0.329 e. The third-order valence-corrected chi connectivity index (χ3v) is 3.98. The Hall–Kier alpha value is -1.84. The molecule has 4 nitrogen and oxygen atoms in total. The van der Waals surface area contributed by atoms with Crippen molar-refractivity contribution in [2.45, 2.75) is 44.6 Å². The van der Waals surface area contributed by atoms with Crippen LogP contribution in [0, 0.1) is 5.92 Å². The Bertz CT molecular complexity index is 500. The van der Waals surface area contributed by atoms with E-state index < -0.39 is 11.5 Å². The summed E-state index contributed by atoms with van der Waals surface area (Å²) in [5.74, 6) is -0.967. The van der Waals surface area contributed by atoms with Gasteiger partial charge in [-0.3, -0.25) is 4.79 Å². The van der Waals surface area contributed by atoms with Crippen LogP contribution in [0.25, 0.3) is 0 Å². The Morgan fingerprint density at radius 2 is 2.00 bits per heavy atom. The van der Waals surface area contributed by atoms with Crippen molar-refractivity contribution in [3.8, 4) is 0 Å². The van der Waals surface area contributed by atoms with E-state index in [1.807, 2.05) is 37.3 Å². The summed E-state index contributed by atoms with van der Waals surface area (Å²) in [5, 5.41) is 12.0. The van der Waals surface area contributed by atoms with E-state index in [4.69, 9.17) is 0 Å². The van der Waals surface area contributed by atoms with Gasteiger partial charge in [-0.05, 0) is 31.2 Å². The maximum atomic E-state index is 12.2. The number of carboxylic acid groups (broad SMARTS) is 1. The van der Waals surface area contributed by atoms with Gasteiger partial charge in [0, 0.05) is 5.92 Å². The van der Waals surface area contributed by atoms with Crippen molar-refractivity contribution in [2.75, 3.05) is 0 Å². The molecule has 108 valence electrons. The molecule has 1 aromatic carbocycles. The number of carboxylic acids is 1. The molecular formula is C16H21NO3. The quantitative estimate of drug-likeness (QED) is 0.838. The van der Waals surface area contributed by atoms with Gasteiger partial charge in [0.2, 0.25) is 5.91 Å². The zero-order valence-electron chi connectivity index (χ0n) is 11.9. The lowest BCUT2D eigenvalue weighted by atomic mass is 9.96. The summed E-state index contributed by atoms with van der Waals surface area (Å²) in [6, 6.07) is 9.90. The van der Waals surface area contributed by atoms with Crippen LogP contribution in [0.1, 0.15) is 44.6 Å². The number of hydrogen-bond acceptors (Lipinski definition) is 2. The number of amides is 1. The van der Waals surface area contributed by atoms with Crippen LogP contribution in [0.4, 0.5) is 0 Å². The zero-order valence-corrected chi connectivity index (χ0v) is 11.9. The summed E-state index contributed by atoms with van der Waals surface area (Å²) in [5.41, 5.74) is -0.00415. The molecular weight excluding hydrogens is 254 g/mol. The first-order valence-corrected chi connectivity index (χ1v) is 7.08. The number of carbonyl (C=O) groups is 2. The molecule has 0 aromatic heterocycles. The second-order valence-electron chi connectivity index (χ2n) is 5.74. The Labute approximate surface area is 119 Å². The first kappa shape index (κ1) is 14.6. The highest BCUT2D eigenvalue weighted by Crippen LogP contribution is 2.47. The number of rotatable bonds is 6. The average Bonchev–Trinajstić information content (AvgIpc) is 3.20. The van der Waals surface area contributed by atoms with Crippen molar-refractivity contribution in [1.82, 2.24) is 5.32 Å². The molecule has 0 heterocycles. The highest BCUT2D eigenvalue weighted by molar-refractivity contribution is 5.89. The number of benzene rings is 1. The van der Waals surface area contributed by atoms with Crippen molar-refractivity contribution < 1.29 is 14.7 Å². The third-order valence-electron chi connectivity index (χ3n) is 3.98. The van der Waals surface area contributed by atoms with E-state index in [0.717, 1.165) is 18.4 Å².